The Labute approximate surface area is 109 Å². The van der Waals surface area contributed by atoms with E-state index < -0.39 is 0 Å². The Morgan fingerprint density at radius 1 is 1.56 bits per heavy atom. The number of methoxy groups -OCH3 is 1. The number of nitrogens with zero attached hydrogens (tertiary/aromatic N) is 2. The van der Waals surface area contributed by atoms with Crippen molar-refractivity contribution in [1.29, 1.82) is 0 Å². The summed E-state index contributed by atoms with van der Waals surface area (Å²) in [7, 11) is 1.67. The van der Waals surface area contributed by atoms with Crippen molar-refractivity contribution in [3.8, 4) is 5.88 Å². The Balaban J connectivity index is 2.01. The first-order valence-corrected chi connectivity index (χ1v) is 6.70. The second kappa shape index (κ2) is 6.16. The molecule has 2 unspecified atom stereocenters. The topological polar surface area (TPSA) is 51.4 Å². The predicted octanol–water partition coefficient (Wildman–Crippen LogP) is 1.65. The van der Waals surface area contributed by atoms with E-state index in [-0.39, 0.29) is 0 Å². The van der Waals surface area contributed by atoms with E-state index in [4.69, 9.17) is 10.5 Å². The standard InChI is InChI=1S/C14H23N3O/c1-3-11-9-17(8-6-13(11)15)10-12-5-4-7-16-14(12)18-2/h4-5,7,11,13H,3,6,8-10,15H2,1-2H3. The van der Waals surface area contributed by atoms with Crippen LogP contribution in [0.1, 0.15) is 25.3 Å². The van der Waals surface area contributed by atoms with E-state index in [0.29, 0.717) is 12.0 Å². The van der Waals surface area contributed by atoms with Crippen LogP contribution in [0, 0.1) is 5.92 Å². The highest BCUT2D eigenvalue weighted by atomic mass is 16.5. The molecule has 2 N–H and O–H groups in total. The monoisotopic (exact) mass is 249 g/mol. The lowest BCUT2D eigenvalue weighted by atomic mass is 9.90. The maximum Gasteiger partial charge on any atom is 0.217 e. The zero-order chi connectivity index (χ0) is 13.0. The summed E-state index contributed by atoms with van der Waals surface area (Å²) >= 11 is 0. The number of piperidine rings is 1. The minimum absolute atomic E-state index is 0.363. The highest BCUT2D eigenvalue weighted by Gasteiger charge is 2.25. The van der Waals surface area contributed by atoms with Gasteiger partial charge in [-0.25, -0.2) is 4.98 Å². The van der Waals surface area contributed by atoms with E-state index in [1.165, 1.54) is 0 Å². The Kier molecular flexibility index (Phi) is 4.55. The van der Waals surface area contributed by atoms with Gasteiger partial charge in [-0.2, -0.15) is 0 Å². The average Bonchev–Trinajstić information content (AvgIpc) is 2.41. The Morgan fingerprint density at radius 3 is 3.11 bits per heavy atom. The van der Waals surface area contributed by atoms with Crippen molar-refractivity contribution in [2.45, 2.75) is 32.4 Å². The summed E-state index contributed by atoms with van der Waals surface area (Å²) in [4.78, 5) is 6.70. The van der Waals surface area contributed by atoms with Crippen LogP contribution < -0.4 is 10.5 Å². The molecule has 0 saturated carbocycles. The van der Waals surface area contributed by atoms with Crippen molar-refractivity contribution in [3.63, 3.8) is 0 Å². The molecule has 1 aliphatic heterocycles. The number of likely N-dealkylation sites (tertiary alicyclic amines) is 1. The van der Waals surface area contributed by atoms with Crippen molar-refractivity contribution in [3.05, 3.63) is 23.9 Å². The predicted molar refractivity (Wildman–Crippen MR) is 72.4 cm³/mol. The molecular weight excluding hydrogens is 226 g/mol. The molecule has 0 spiro atoms. The number of hydrogen-bond acceptors (Lipinski definition) is 4. The molecule has 1 fully saturated rings. The van der Waals surface area contributed by atoms with E-state index in [1.54, 1.807) is 13.3 Å². The first kappa shape index (κ1) is 13.3. The van der Waals surface area contributed by atoms with Crippen LogP contribution in [0.15, 0.2) is 18.3 Å². The minimum Gasteiger partial charge on any atom is -0.481 e. The molecule has 0 aliphatic carbocycles. The van der Waals surface area contributed by atoms with Gasteiger partial charge in [-0.05, 0) is 24.9 Å². The summed E-state index contributed by atoms with van der Waals surface area (Å²) in [6.07, 6.45) is 4.01. The zero-order valence-electron chi connectivity index (χ0n) is 11.3. The Bertz CT molecular complexity index is 383. The normalized spacial score (nSPS) is 25.1. The summed E-state index contributed by atoms with van der Waals surface area (Å²) in [5.41, 5.74) is 7.30. The van der Waals surface area contributed by atoms with Crippen LogP contribution in [-0.2, 0) is 6.54 Å². The maximum atomic E-state index is 6.14. The second-order valence-corrected chi connectivity index (χ2v) is 5.03. The van der Waals surface area contributed by atoms with Crippen LogP contribution in [0.2, 0.25) is 0 Å². The van der Waals surface area contributed by atoms with E-state index in [2.05, 4.69) is 22.9 Å². The van der Waals surface area contributed by atoms with Crippen LogP contribution in [-0.4, -0.2) is 36.1 Å². The summed E-state index contributed by atoms with van der Waals surface area (Å²) < 4.78 is 5.30. The smallest absolute Gasteiger partial charge is 0.217 e. The average molecular weight is 249 g/mol. The fraction of sp³-hybridized carbons (Fsp3) is 0.643. The first-order valence-electron chi connectivity index (χ1n) is 6.70. The lowest BCUT2D eigenvalue weighted by molar-refractivity contribution is 0.144. The number of aromatic nitrogens is 1. The SMILES string of the molecule is CCC1CN(Cc2cccnc2OC)CCC1N. The van der Waals surface area contributed by atoms with Crippen molar-refractivity contribution in [2.75, 3.05) is 20.2 Å². The summed E-state index contributed by atoms with van der Waals surface area (Å²) in [5.74, 6) is 1.35. The molecule has 0 aromatic carbocycles. The minimum atomic E-state index is 0.363. The number of pyridine rings is 1. The van der Waals surface area contributed by atoms with Crippen LogP contribution in [0.25, 0.3) is 0 Å². The third kappa shape index (κ3) is 3.00. The largest absolute Gasteiger partial charge is 0.481 e. The van der Waals surface area contributed by atoms with E-state index in [1.807, 2.05) is 6.07 Å². The van der Waals surface area contributed by atoms with E-state index in [9.17, 15) is 0 Å². The molecule has 1 saturated heterocycles. The fourth-order valence-corrected chi connectivity index (χ4v) is 2.67. The van der Waals surface area contributed by atoms with Crippen molar-refractivity contribution in [1.82, 2.24) is 9.88 Å². The van der Waals surface area contributed by atoms with Gasteiger partial charge in [0.15, 0.2) is 0 Å². The van der Waals surface area contributed by atoms with Crippen molar-refractivity contribution < 1.29 is 4.74 Å². The van der Waals surface area contributed by atoms with Crippen molar-refractivity contribution >= 4 is 0 Å². The van der Waals surface area contributed by atoms with Gasteiger partial charge in [-0.3, -0.25) is 4.90 Å². The van der Waals surface area contributed by atoms with Gasteiger partial charge in [0.2, 0.25) is 5.88 Å². The molecule has 2 atom stereocenters. The highest BCUT2D eigenvalue weighted by Crippen LogP contribution is 2.22. The molecule has 1 aliphatic rings. The van der Waals surface area contributed by atoms with Crippen LogP contribution >= 0.6 is 0 Å². The lowest BCUT2D eigenvalue weighted by Gasteiger charge is -2.36. The van der Waals surface area contributed by atoms with Crippen molar-refractivity contribution in [2.24, 2.45) is 11.7 Å². The van der Waals surface area contributed by atoms with Gasteiger partial charge < -0.3 is 10.5 Å². The summed E-state index contributed by atoms with van der Waals surface area (Å²) in [6.45, 7) is 5.27. The third-order valence-corrected chi connectivity index (χ3v) is 3.84. The molecule has 1 aromatic rings. The molecule has 0 amide bonds. The van der Waals surface area contributed by atoms with Gasteiger partial charge in [0.1, 0.15) is 0 Å². The van der Waals surface area contributed by atoms with Crippen LogP contribution in [0.3, 0.4) is 0 Å². The molecule has 4 nitrogen and oxygen atoms in total. The first-order chi connectivity index (χ1) is 8.74. The van der Waals surface area contributed by atoms with Gasteiger partial charge in [-0.1, -0.05) is 19.4 Å². The molecule has 1 aromatic heterocycles. The Hall–Kier alpha value is -1.13. The Morgan fingerprint density at radius 2 is 2.39 bits per heavy atom. The molecule has 0 bridgehead atoms. The molecule has 100 valence electrons. The molecule has 18 heavy (non-hydrogen) atoms. The summed E-state index contributed by atoms with van der Waals surface area (Å²) in [6, 6.07) is 4.41. The third-order valence-electron chi connectivity index (χ3n) is 3.84. The van der Waals surface area contributed by atoms with Crippen LogP contribution in [0.4, 0.5) is 0 Å². The summed E-state index contributed by atoms with van der Waals surface area (Å²) in [5, 5.41) is 0. The second-order valence-electron chi connectivity index (χ2n) is 5.03. The molecular formula is C14H23N3O. The van der Waals surface area contributed by atoms with E-state index >= 15 is 0 Å². The fourth-order valence-electron chi connectivity index (χ4n) is 2.67. The number of ether oxygens (including phenoxy) is 1. The maximum absolute atomic E-state index is 6.14. The lowest BCUT2D eigenvalue weighted by Crippen LogP contribution is -2.46. The molecule has 4 heteroatoms. The van der Waals surface area contributed by atoms with Gasteiger partial charge in [0, 0.05) is 30.9 Å². The quantitative estimate of drug-likeness (QED) is 0.881. The number of hydrogen-bond donors (Lipinski definition) is 1. The number of rotatable bonds is 4. The van der Waals surface area contributed by atoms with E-state index in [0.717, 1.165) is 43.9 Å². The number of nitrogens with two attached hydrogens (primary N) is 1. The van der Waals surface area contributed by atoms with Gasteiger partial charge in [-0.15, -0.1) is 0 Å². The van der Waals surface area contributed by atoms with Gasteiger partial charge in [0.25, 0.3) is 0 Å². The van der Waals surface area contributed by atoms with Crippen LogP contribution in [0.5, 0.6) is 5.88 Å². The molecule has 2 rings (SSSR count). The molecule has 2 heterocycles. The molecule has 0 radical (unpaired) electrons. The zero-order valence-corrected chi connectivity index (χ0v) is 11.3. The van der Waals surface area contributed by atoms with Gasteiger partial charge in [0.05, 0.1) is 7.11 Å². The highest BCUT2D eigenvalue weighted by molar-refractivity contribution is 5.25. The van der Waals surface area contributed by atoms with Gasteiger partial charge >= 0.3 is 0 Å².